The Bertz CT molecular complexity index is 90.4. The number of rotatable bonds is 0. The van der Waals surface area contributed by atoms with Crippen molar-refractivity contribution in [3.05, 3.63) is 12.3 Å². The van der Waals surface area contributed by atoms with Crippen LogP contribution in [-0.4, -0.2) is 32.7 Å². The van der Waals surface area contributed by atoms with Gasteiger partial charge in [-0.3, -0.25) is 0 Å². The highest BCUT2D eigenvalue weighted by molar-refractivity contribution is 4.86. The summed E-state index contributed by atoms with van der Waals surface area (Å²) in [4.78, 5) is 0. The average molecular weight is 155 g/mol. The van der Waals surface area contributed by atoms with Gasteiger partial charge in [0.25, 0.3) is 0 Å². The molecule has 3 heteroatoms. The fourth-order valence-corrected chi connectivity index (χ4v) is 1.02. The first-order valence-corrected chi connectivity index (χ1v) is 4.30. The van der Waals surface area contributed by atoms with Crippen molar-refractivity contribution < 1.29 is 0 Å². The molecule has 0 aromatic heterocycles. The third-order valence-electron chi connectivity index (χ3n) is 1.65. The van der Waals surface area contributed by atoms with E-state index < -0.39 is 0 Å². The molecule has 2 heterocycles. The molecule has 0 atom stereocenters. The Balaban J connectivity index is 0.000000112. The minimum atomic E-state index is 1.14. The van der Waals surface area contributed by atoms with Gasteiger partial charge in [0.15, 0.2) is 0 Å². The van der Waals surface area contributed by atoms with Gasteiger partial charge in [-0.2, -0.15) is 0 Å². The van der Waals surface area contributed by atoms with Gasteiger partial charge >= 0.3 is 0 Å². The van der Waals surface area contributed by atoms with Gasteiger partial charge in [0.2, 0.25) is 0 Å². The Morgan fingerprint density at radius 3 is 1.64 bits per heavy atom. The molecule has 0 aliphatic carbocycles. The van der Waals surface area contributed by atoms with E-state index in [1.165, 1.54) is 6.42 Å². The molecule has 1 saturated heterocycles. The van der Waals surface area contributed by atoms with Crippen LogP contribution in [0.25, 0.3) is 0 Å². The lowest BCUT2D eigenvalue weighted by molar-refractivity contribution is 0.534. The minimum absolute atomic E-state index is 1.14. The third-order valence-corrected chi connectivity index (χ3v) is 1.65. The normalized spacial score (nSPS) is 21.8. The molecular formula is C8H17N3. The van der Waals surface area contributed by atoms with Crippen molar-refractivity contribution in [1.82, 2.24) is 16.0 Å². The van der Waals surface area contributed by atoms with Crippen LogP contribution in [0.3, 0.4) is 0 Å². The molecule has 0 spiro atoms. The van der Waals surface area contributed by atoms with Crippen molar-refractivity contribution in [3.63, 3.8) is 0 Å². The lowest BCUT2D eigenvalue weighted by Gasteiger charge is -2.11. The molecular weight excluding hydrogens is 138 g/mol. The lowest BCUT2D eigenvalue weighted by atomic mass is 10.4. The molecule has 0 unspecified atom stereocenters. The second-order valence-corrected chi connectivity index (χ2v) is 2.65. The Hall–Kier alpha value is -0.540. The molecule has 11 heavy (non-hydrogen) atoms. The molecule has 2 aliphatic heterocycles. The van der Waals surface area contributed by atoms with Crippen LogP contribution < -0.4 is 16.0 Å². The Morgan fingerprint density at radius 2 is 1.45 bits per heavy atom. The number of nitrogens with one attached hydrogen (secondary N) is 3. The zero-order valence-electron chi connectivity index (χ0n) is 6.90. The highest BCUT2D eigenvalue weighted by atomic mass is 15.0. The first-order chi connectivity index (χ1) is 5.50. The van der Waals surface area contributed by atoms with Crippen molar-refractivity contribution >= 4 is 0 Å². The van der Waals surface area contributed by atoms with E-state index in [2.05, 4.69) is 22.0 Å². The van der Waals surface area contributed by atoms with Gasteiger partial charge in [-0.25, -0.2) is 0 Å². The Labute approximate surface area is 68.2 Å². The van der Waals surface area contributed by atoms with Crippen molar-refractivity contribution in [2.75, 3.05) is 32.7 Å². The minimum Gasteiger partial charge on any atom is -0.391 e. The predicted octanol–water partition coefficient (Wildman–Crippen LogP) is -0.327. The monoisotopic (exact) mass is 155 g/mol. The van der Waals surface area contributed by atoms with Crippen molar-refractivity contribution in [2.45, 2.75) is 6.42 Å². The molecule has 2 aliphatic rings. The summed E-state index contributed by atoms with van der Waals surface area (Å²) < 4.78 is 0. The molecule has 0 radical (unpaired) electrons. The fourth-order valence-electron chi connectivity index (χ4n) is 1.02. The van der Waals surface area contributed by atoms with E-state index in [0.717, 1.165) is 32.7 Å². The zero-order chi connectivity index (χ0) is 7.78. The zero-order valence-corrected chi connectivity index (χ0v) is 6.90. The van der Waals surface area contributed by atoms with Crippen LogP contribution in [0.2, 0.25) is 0 Å². The summed E-state index contributed by atoms with van der Waals surface area (Å²) >= 11 is 0. The average Bonchev–Trinajstić information content (AvgIpc) is 2.64. The van der Waals surface area contributed by atoms with Gasteiger partial charge in [-0.15, -0.1) is 0 Å². The van der Waals surface area contributed by atoms with Crippen molar-refractivity contribution in [2.24, 2.45) is 0 Å². The summed E-state index contributed by atoms with van der Waals surface area (Å²) in [6.45, 7) is 5.69. The van der Waals surface area contributed by atoms with E-state index >= 15 is 0 Å². The van der Waals surface area contributed by atoms with Crippen LogP contribution in [0.1, 0.15) is 6.42 Å². The summed E-state index contributed by atoms with van der Waals surface area (Å²) in [5, 5.41) is 9.49. The van der Waals surface area contributed by atoms with E-state index in [9.17, 15) is 0 Å². The predicted molar refractivity (Wildman–Crippen MR) is 47.5 cm³/mol. The summed E-state index contributed by atoms with van der Waals surface area (Å²) in [5.41, 5.74) is 0. The van der Waals surface area contributed by atoms with Crippen LogP contribution in [0, 0.1) is 0 Å². The van der Waals surface area contributed by atoms with Crippen LogP contribution in [0.4, 0.5) is 0 Å². The van der Waals surface area contributed by atoms with E-state index in [0.29, 0.717) is 0 Å². The molecule has 0 amide bonds. The second-order valence-electron chi connectivity index (χ2n) is 2.65. The maximum Gasteiger partial charge on any atom is 0.0176 e. The molecule has 0 saturated carbocycles. The number of piperazine rings is 1. The molecule has 2 rings (SSSR count). The third kappa shape index (κ3) is 4.81. The standard InChI is InChI=1S/C4H10N2.C4H7N/c1-2-6-4-3-5-1;1-2-4-5-3-1/h5-6H,1-4H2;1,3,5H,2,4H2. The maximum absolute atomic E-state index is 3.22. The van der Waals surface area contributed by atoms with Gasteiger partial charge in [0.05, 0.1) is 0 Å². The molecule has 0 aromatic carbocycles. The van der Waals surface area contributed by atoms with Gasteiger partial charge in [0.1, 0.15) is 0 Å². The fraction of sp³-hybridized carbons (Fsp3) is 0.750. The van der Waals surface area contributed by atoms with Crippen molar-refractivity contribution in [1.29, 1.82) is 0 Å². The molecule has 3 nitrogen and oxygen atoms in total. The van der Waals surface area contributed by atoms with Gasteiger partial charge in [-0.05, 0) is 12.6 Å². The first-order valence-electron chi connectivity index (χ1n) is 4.30. The Kier molecular flexibility index (Phi) is 4.81. The van der Waals surface area contributed by atoms with Crippen molar-refractivity contribution in [3.8, 4) is 0 Å². The van der Waals surface area contributed by atoms with Crippen LogP contribution in [0.5, 0.6) is 0 Å². The highest BCUT2D eigenvalue weighted by Crippen LogP contribution is 1.84. The number of hydrogen-bond donors (Lipinski definition) is 3. The smallest absolute Gasteiger partial charge is 0.0176 e. The number of hydrogen-bond acceptors (Lipinski definition) is 3. The Morgan fingerprint density at radius 1 is 0.818 bits per heavy atom. The highest BCUT2D eigenvalue weighted by Gasteiger charge is 1.91. The molecule has 0 aromatic rings. The topological polar surface area (TPSA) is 36.1 Å². The van der Waals surface area contributed by atoms with E-state index in [1.54, 1.807) is 0 Å². The van der Waals surface area contributed by atoms with Crippen LogP contribution in [0.15, 0.2) is 12.3 Å². The van der Waals surface area contributed by atoms with E-state index in [-0.39, 0.29) is 0 Å². The van der Waals surface area contributed by atoms with E-state index in [4.69, 9.17) is 0 Å². The maximum atomic E-state index is 3.22. The summed E-state index contributed by atoms with van der Waals surface area (Å²) in [6.07, 6.45) is 5.32. The molecule has 1 fully saturated rings. The largest absolute Gasteiger partial charge is 0.391 e. The van der Waals surface area contributed by atoms with Gasteiger partial charge in [-0.1, -0.05) is 6.08 Å². The summed E-state index contributed by atoms with van der Waals surface area (Å²) in [7, 11) is 0. The summed E-state index contributed by atoms with van der Waals surface area (Å²) in [6, 6.07) is 0. The molecule has 3 N–H and O–H groups in total. The van der Waals surface area contributed by atoms with Crippen LogP contribution in [-0.2, 0) is 0 Å². The molecule has 64 valence electrons. The second kappa shape index (κ2) is 6.19. The van der Waals surface area contributed by atoms with Crippen LogP contribution >= 0.6 is 0 Å². The van der Waals surface area contributed by atoms with Gasteiger partial charge in [0, 0.05) is 32.7 Å². The first kappa shape index (κ1) is 8.56. The SMILES string of the molecule is C1=CNCC1.C1CNCCN1. The quantitative estimate of drug-likeness (QED) is 0.448. The lowest BCUT2D eigenvalue weighted by Crippen LogP contribution is -2.39. The summed E-state index contributed by atoms with van der Waals surface area (Å²) in [5.74, 6) is 0. The molecule has 0 bridgehead atoms. The van der Waals surface area contributed by atoms with E-state index in [1.807, 2.05) is 6.20 Å². The van der Waals surface area contributed by atoms with Gasteiger partial charge < -0.3 is 16.0 Å².